The molecule has 0 atom stereocenters. The van der Waals surface area contributed by atoms with E-state index in [2.05, 4.69) is 14.8 Å². The quantitative estimate of drug-likeness (QED) is 0.259. The number of hydrogen-bond acceptors (Lipinski definition) is 3. The molecule has 2 aromatic rings. The Morgan fingerprint density at radius 2 is 1.36 bits per heavy atom. The van der Waals surface area contributed by atoms with Crippen LogP contribution in [0.1, 0.15) is 35.6 Å². The van der Waals surface area contributed by atoms with Gasteiger partial charge in [-0.15, -0.1) is 0 Å². The fourth-order valence-electron chi connectivity index (χ4n) is 1.54. The van der Waals surface area contributed by atoms with Crippen molar-refractivity contribution in [3.8, 4) is 0 Å². The van der Waals surface area contributed by atoms with Crippen molar-refractivity contribution in [1.82, 2.24) is 0 Å². The van der Waals surface area contributed by atoms with E-state index < -0.39 is 0 Å². The summed E-state index contributed by atoms with van der Waals surface area (Å²) >= 11 is 0. The lowest BCUT2D eigenvalue weighted by Gasteiger charge is -1.93. The number of carbonyl (C=O) groups is 2. The van der Waals surface area contributed by atoms with E-state index in [1.165, 1.54) is 0 Å². The van der Waals surface area contributed by atoms with Crippen molar-refractivity contribution in [3.05, 3.63) is 87.8 Å². The van der Waals surface area contributed by atoms with E-state index in [0.717, 1.165) is 6.21 Å². The van der Waals surface area contributed by atoms with E-state index in [4.69, 9.17) is 11.1 Å². The first-order chi connectivity index (χ1) is 11.2. The normalized spacial score (nSPS) is 7.84. The summed E-state index contributed by atoms with van der Waals surface area (Å²) in [6, 6.07) is 17.4. The van der Waals surface area contributed by atoms with E-state index in [9.17, 15) is 9.59 Å². The highest BCUT2D eigenvalue weighted by atomic mass is 16.1. The van der Waals surface area contributed by atoms with Crippen LogP contribution in [0, 0.1) is 0 Å². The van der Waals surface area contributed by atoms with Crippen LogP contribution >= 0.6 is 0 Å². The van der Waals surface area contributed by atoms with Crippen molar-refractivity contribution in [2.45, 2.75) is 14.9 Å². The van der Waals surface area contributed by atoms with Crippen molar-refractivity contribution in [1.29, 1.82) is 0 Å². The zero-order valence-corrected chi connectivity index (χ0v) is 12.1. The topological polar surface area (TPSA) is 119 Å². The van der Waals surface area contributed by atoms with Crippen LogP contribution in [-0.2, 0) is 0 Å². The number of nitrogens with zero attached hydrogens (tertiary/aromatic N) is 5. The highest BCUT2D eigenvalue weighted by molar-refractivity contribution is 6.33. The summed E-state index contributed by atoms with van der Waals surface area (Å²) in [7, 11) is 0. The third-order valence-corrected chi connectivity index (χ3v) is 2.61. The van der Waals surface area contributed by atoms with Crippen LogP contribution < -0.4 is 0 Å². The summed E-state index contributed by atoms with van der Waals surface area (Å²) in [5.41, 5.74) is 17.1. The van der Waals surface area contributed by atoms with Crippen LogP contribution in [0.2, 0.25) is 0 Å². The molecular weight excluding hydrogens is 318 g/mol. The first kappa shape index (κ1) is 23.7. The predicted octanol–water partition coefficient (Wildman–Crippen LogP) is 4.62. The van der Waals surface area contributed by atoms with Gasteiger partial charge in [0, 0.05) is 16.0 Å². The number of rotatable bonds is 5. The van der Waals surface area contributed by atoms with Gasteiger partial charge in [-0.2, -0.15) is 4.79 Å². The molecule has 0 aliphatic rings. The van der Waals surface area contributed by atoms with Gasteiger partial charge in [0.15, 0.2) is 5.78 Å². The second kappa shape index (κ2) is 14.1. The Balaban J connectivity index is 0. The minimum atomic E-state index is -0.298. The van der Waals surface area contributed by atoms with Gasteiger partial charge in [0.1, 0.15) is 0 Å². The molecule has 0 heterocycles. The van der Waals surface area contributed by atoms with Crippen LogP contribution in [0.5, 0.6) is 0 Å². The van der Waals surface area contributed by atoms with Crippen LogP contribution in [0.3, 0.4) is 0 Å². The molecule has 0 aliphatic heterocycles. The summed E-state index contributed by atoms with van der Waals surface area (Å²) < 4.78 is 0. The summed E-state index contributed by atoms with van der Waals surface area (Å²) in [6.07, 6.45) is 0.870. The second-order valence-corrected chi connectivity index (χ2v) is 4.15. The molecule has 2 aromatic carbocycles. The number of carbonyl (C=O) groups excluding carboxylic acids is 2. The molecule has 0 spiro atoms. The Labute approximate surface area is 147 Å². The SMILES string of the molecule is C.C.[N-]=[N+]=CC(=O)c1ccccc1.[N-]=[N+]=NCC(=O)c1ccccc1. The summed E-state index contributed by atoms with van der Waals surface area (Å²) in [5.74, 6) is -0.457. The Morgan fingerprint density at radius 3 is 1.80 bits per heavy atom. The van der Waals surface area contributed by atoms with Gasteiger partial charge in [0.2, 0.25) is 0 Å². The van der Waals surface area contributed by atoms with E-state index in [1.54, 1.807) is 48.5 Å². The Bertz CT molecular complexity index is 748. The van der Waals surface area contributed by atoms with Crippen molar-refractivity contribution in [2.75, 3.05) is 6.54 Å². The van der Waals surface area contributed by atoms with E-state index in [-0.39, 0.29) is 33.0 Å². The molecule has 0 bridgehead atoms. The van der Waals surface area contributed by atoms with Crippen molar-refractivity contribution in [3.63, 3.8) is 0 Å². The fraction of sp³-hybridized carbons (Fsp3) is 0.167. The standard InChI is InChI=1S/C8H7N3O.C8H6N2O.2CH4/c9-11-10-6-8(12)7-4-2-1-3-5-7;9-10-6-8(11)7-4-2-1-3-5-7;;/h1-5H,6H2;1-6H;2*1H4. The lowest BCUT2D eigenvalue weighted by Crippen LogP contribution is -2.01. The zero-order valence-electron chi connectivity index (χ0n) is 12.1. The summed E-state index contributed by atoms with van der Waals surface area (Å²) in [4.78, 5) is 27.2. The molecular formula is C18H21N5O2. The third-order valence-electron chi connectivity index (χ3n) is 2.61. The van der Waals surface area contributed by atoms with Gasteiger partial charge in [-0.1, -0.05) is 80.6 Å². The van der Waals surface area contributed by atoms with E-state index in [0.29, 0.717) is 11.1 Å². The van der Waals surface area contributed by atoms with Crippen LogP contribution in [-0.4, -0.2) is 29.1 Å². The van der Waals surface area contributed by atoms with E-state index >= 15 is 0 Å². The maximum Gasteiger partial charge on any atom is 0.328 e. The monoisotopic (exact) mass is 339 g/mol. The van der Waals surface area contributed by atoms with Gasteiger partial charge in [0.25, 0.3) is 5.78 Å². The largest absolute Gasteiger partial charge is 0.361 e. The van der Waals surface area contributed by atoms with Gasteiger partial charge in [0.05, 0.1) is 6.54 Å². The highest BCUT2D eigenvalue weighted by Crippen LogP contribution is 1.99. The zero-order chi connectivity index (χ0) is 16.9. The number of ketones is 2. The van der Waals surface area contributed by atoms with E-state index in [1.807, 2.05) is 12.1 Å². The van der Waals surface area contributed by atoms with Crippen LogP contribution in [0.25, 0.3) is 16.0 Å². The number of azide groups is 1. The lowest BCUT2D eigenvalue weighted by molar-refractivity contribution is 0.00234. The summed E-state index contributed by atoms with van der Waals surface area (Å²) in [6.45, 7) is -0.111. The minimum Gasteiger partial charge on any atom is -0.361 e. The van der Waals surface area contributed by atoms with Crippen molar-refractivity contribution < 1.29 is 14.4 Å². The smallest absolute Gasteiger partial charge is 0.328 e. The predicted molar refractivity (Wildman–Crippen MR) is 98.7 cm³/mol. The molecule has 2 rings (SSSR count). The molecule has 130 valence electrons. The maximum absolute atomic E-state index is 11.1. The molecule has 0 aromatic heterocycles. The molecule has 0 saturated carbocycles. The van der Waals surface area contributed by atoms with Gasteiger partial charge >= 0.3 is 6.21 Å². The highest BCUT2D eigenvalue weighted by Gasteiger charge is 2.03. The molecule has 7 heteroatoms. The molecule has 0 aliphatic carbocycles. The van der Waals surface area contributed by atoms with Crippen LogP contribution in [0.15, 0.2) is 65.8 Å². The molecule has 0 radical (unpaired) electrons. The molecule has 0 N–H and O–H groups in total. The molecule has 0 fully saturated rings. The Morgan fingerprint density at radius 1 is 0.880 bits per heavy atom. The average molecular weight is 339 g/mol. The Hall–Kier alpha value is -3.53. The van der Waals surface area contributed by atoms with Crippen molar-refractivity contribution in [2.24, 2.45) is 5.11 Å². The van der Waals surface area contributed by atoms with Gasteiger partial charge < -0.3 is 5.53 Å². The fourth-order valence-corrected chi connectivity index (χ4v) is 1.54. The second-order valence-electron chi connectivity index (χ2n) is 4.15. The van der Waals surface area contributed by atoms with Gasteiger partial charge in [-0.05, 0) is 5.53 Å². The first-order valence-electron chi connectivity index (χ1n) is 6.55. The number of benzene rings is 2. The van der Waals surface area contributed by atoms with Crippen LogP contribution in [0.4, 0.5) is 0 Å². The van der Waals surface area contributed by atoms with Gasteiger partial charge in [-0.3, -0.25) is 9.59 Å². The summed E-state index contributed by atoms with van der Waals surface area (Å²) in [5, 5.41) is 3.18. The Kier molecular flexibility index (Phi) is 13.4. The average Bonchev–Trinajstić information content (AvgIpc) is 2.62. The van der Waals surface area contributed by atoms with Crippen molar-refractivity contribution >= 4 is 17.8 Å². The molecule has 0 unspecified atom stereocenters. The maximum atomic E-state index is 11.1. The molecule has 0 saturated heterocycles. The number of Topliss-reactive ketones (excluding diaryl/α,β-unsaturated/α-hetero) is 2. The molecule has 7 nitrogen and oxygen atoms in total. The first-order valence-corrected chi connectivity index (χ1v) is 6.55. The molecule has 0 amide bonds. The lowest BCUT2D eigenvalue weighted by atomic mass is 10.1. The third kappa shape index (κ3) is 9.25. The van der Waals surface area contributed by atoms with Gasteiger partial charge in [-0.25, -0.2) is 0 Å². The molecule has 25 heavy (non-hydrogen) atoms. The minimum absolute atomic E-state index is 0. The number of hydrogen-bond donors (Lipinski definition) is 0.